The van der Waals surface area contributed by atoms with Gasteiger partial charge in [-0.1, -0.05) is 140 Å². The lowest BCUT2D eigenvalue weighted by molar-refractivity contribution is 0.570. The van der Waals surface area contributed by atoms with E-state index in [9.17, 15) is 0 Å². The van der Waals surface area contributed by atoms with Crippen molar-refractivity contribution in [3.8, 4) is 16.8 Å². The summed E-state index contributed by atoms with van der Waals surface area (Å²) in [5, 5.41) is 11.9. The van der Waals surface area contributed by atoms with Crippen molar-refractivity contribution in [2.24, 2.45) is 0 Å². The van der Waals surface area contributed by atoms with Gasteiger partial charge in [-0.05, 0) is 81.9 Å². The van der Waals surface area contributed by atoms with E-state index >= 15 is 0 Å². The van der Waals surface area contributed by atoms with Crippen LogP contribution >= 0.6 is 11.3 Å². The molecule has 0 bridgehead atoms. The number of aromatic nitrogens is 2. The van der Waals surface area contributed by atoms with Crippen molar-refractivity contribution in [3.63, 3.8) is 0 Å². The highest BCUT2D eigenvalue weighted by Crippen LogP contribution is 2.50. The average molecular weight is 719 g/mol. The smallest absolute Gasteiger partial charge is 0.0635 e. The average Bonchev–Trinajstić information content (AvgIpc) is 3.91. The Bertz CT molecular complexity index is 3480. The van der Waals surface area contributed by atoms with Gasteiger partial charge in [0.1, 0.15) is 0 Å². The Kier molecular flexibility index (Phi) is 6.03. The largest absolute Gasteiger partial charge is 0.336 e. The number of hydrogen-bond acceptors (Lipinski definition) is 1. The first-order chi connectivity index (χ1) is 27.3. The van der Waals surface area contributed by atoms with Gasteiger partial charge in [0.25, 0.3) is 0 Å². The van der Waals surface area contributed by atoms with Crippen LogP contribution in [0, 0.1) is 0 Å². The molecular formula is C52H34N2S. The van der Waals surface area contributed by atoms with Crippen LogP contribution in [0.3, 0.4) is 0 Å². The Labute approximate surface area is 321 Å². The van der Waals surface area contributed by atoms with Crippen LogP contribution in [0.4, 0.5) is 0 Å². The Balaban J connectivity index is 1.11. The predicted molar refractivity (Wildman–Crippen MR) is 235 cm³/mol. The molecule has 3 heteroatoms. The molecule has 13 rings (SSSR count). The first-order valence-electron chi connectivity index (χ1n) is 19.5. The molecule has 2 nitrogen and oxygen atoms in total. The Morgan fingerprint density at radius 3 is 2.11 bits per heavy atom. The van der Waals surface area contributed by atoms with Gasteiger partial charge in [-0.3, -0.25) is 0 Å². The number of rotatable bonds is 2. The molecule has 0 saturated carbocycles. The fourth-order valence-corrected chi connectivity index (χ4v) is 11.9. The van der Waals surface area contributed by atoms with Crippen LogP contribution in [0.1, 0.15) is 34.8 Å². The first kappa shape index (κ1) is 30.0. The van der Waals surface area contributed by atoms with Crippen molar-refractivity contribution in [3.05, 3.63) is 180 Å². The summed E-state index contributed by atoms with van der Waals surface area (Å²) in [6.07, 6.45) is 7.96. The molecule has 1 unspecified atom stereocenters. The third kappa shape index (κ3) is 3.98. The molecule has 258 valence electrons. The third-order valence-electron chi connectivity index (χ3n) is 12.7. The summed E-state index contributed by atoms with van der Waals surface area (Å²) in [7, 11) is 0. The zero-order valence-electron chi connectivity index (χ0n) is 30.1. The summed E-state index contributed by atoms with van der Waals surface area (Å²) in [5.74, 6) is 0. The monoisotopic (exact) mass is 718 g/mol. The van der Waals surface area contributed by atoms with E-state index in [0.717, 1.165) is 19.3 Å². The molecule has 55 heavy (non-hydrogen) atoms. The number of thiophene rings is 1. The molecule has 3 heterocycles. The number of fused-ring (bicyclic) bond motifs is 17. The highest BCUT2D eigenvalue weighted by Gasteiger charge is 2.31. The third-order valence-corrected chi connectivity index (χ3v) is 14.0. The van der Waals surface area contributed by atoms with Gasteiger partial charge in [-0.2, -0.15) is 0 Å². The van der Waals surface area contributed by atoms with Crippen molar-refractivity contribution in [2.45, 2.75) is 25.3 Å². The molecule has 11 aromatic rings. The highest BCUT2D eigenvalue weighted by atomic mass is 32.1. The lowest BCUT2D eigenvalue weighted by Gasteiger charge is -2.31. The number of benzene rings is 8. The molecule has 0 spiro atoms. The fraction of sp³-hybridized carbons (Fsp3) is 0.0769. The van der Waals surface area contributed by atoms with Gasteiger partial charge in [0, 0.05) is 53.0 Å². The molecule has 0 N–H and O–H groups in total. The van der Waals surface area contributed by atoms with Crippen molar-refractivity contribution in [2.75, 3.05) is 0 Å². The van der Waals surface area contributed by atoms with Crippen LogP contribution in [-0.4, -0.2) is 9.13 Å². The number of hydrogen-bond donors (Lipinski definition) is 0. The van der Waals surface area contributed by atoms with Crippen LogP contribution in [0.25, 0.3) is 97.3 Å². The number of para-hydroxylation sites is 1. The normalized spacial score (nSPS) is 15.2. The fourth-order valence-electron chi connectivity index (χ4n) is 10.5. The van der Waals surface area contributed by atoms with Crippen LogP contribution in [0.5, 0.6) is 0 Å². The van der Waals surface area contributed by atoms with Crippen LogP contribution < -0.4 is 0 Å². The van der Waals surface area contributed by atoms with E-state index in [2.05, 4.69) is 173 Å². The van der Waals surface area contributed by atoms with Gasteiger partial charge in [-0.25, -0.2) is 0 Å². The van der Waals surface area contributed by atoms with Crippen LogP contribution in [0.15, 0.2) is 158 Å². The minimum atomic E-state index is 0.247. The maximum Gasteiger partial charge on any atom is 0.0635 e. The molecule has 0 amide bonds. The lowest BCUT2D eigenvalue weighted by Crippen LogP contribution is -2.21. The Hall–Kier alpha value is -6.42. The molecule has 2 aliphatic rings. The van der Waals surface area contributed by atoms with Gasteiger partial charge < -0.3 is 9.13 Å². The van der Waals surface area contributed by atoms with E-state index in [1.165, 1.54) is 114 Å². The molecule has 0 saturated heterocycles. The van der Waals surface area contributed by atoms with Crippen molar-refractivity contribution in [1.82, 2.24) is 9.13 Å². The van der Waals surface area contributed by atoms with Crippen LogP contribution in [-0.2, 0) is 12.8 Å². The summed E-state index contributed by atoms with van der Waals surface area (Å²) in [6.45, 7) is 0. The Morgan fingerprint density at radius 2 is 1.22 bits per heavy atom. The first-order valence-corrected chi connectivity index (χ1v) is 20.3. The molecule has 0 fully saturated rings. The van der Waals surface area contributed by atoms with Crippen molar-refractivity contribution in [1.29, 1.82) is 0 Å². The lowest BCUT2D eigenvalue weighted by atomic mass is 9.82. The van der Waals surface area contributed by atoms with Gasteiger partial charge in [-0.15, -0.1) is 11.3 Å². The zero-order valence-corrected chi connectivity index (χ0v) is 30.9. The highest BCUT2D eigenvalue weighted by molar-refractivity contribution is 7.27. The second kappa shape index (κ2) is 11.1. The summed E-state index contributed by atoms with van der Waals surface area (Å²) in [4.78, 5) is 0. The van der Waals surface area contributed by atoms with Gasteiger partial charge >= 0.3 is 0 Å². The summed E-state index contributed by atoms with van der Waals surface area (Å²) < 4.78 is 8.04. The topological polar surface area (TPSA) is 9.86 Å². The van der Waals surface area contributed by atoms with E-state index in [4.69, 9.17) is 0 Å². The maximum absolute atomic E-state index is 2.74. The Morgan fingerprint density at radius 1 is 0.527 bits per heavy atom. The minimum Gasteiger partial charge on any atom is -0.336 e. The maximum atomic E-state index is 2.74. The zero-order chi connectivity index (χ0) is 35.8. The molecule has 0 radical (unpaired) electrons. The minimum absolute atomic E-state index is 0.247. The van der Waals surface area contributed by atoms with Crippen LogP contribution in [0.2, 0.25) is 0 Å². The quantitative estimate of drug-likeness (QED) is 0.158. The second-order valence-electron chi connectivity index (χ2n) is 15.4. The van der Waals surface area contributed by atoms with Crippen molar-refractivity contribution >= 4 is 91.8 Å². The molecule has 3 aromatic heterocycles. The SMILES string of the molecule is C1=Cc2c(n(C3Cc4ccccc4-c4ccccc43)c3ccc4c5ccc6c(c7ccccc7n6-c6cc7ccccc7c7ccccc67)c5sc4c23)CC1. The summed E-state index contributed by atoms with van der Waals surface area (Å²) in [6, 6.07) is 57.2. The van der Waals surface area contributed by atoms with Gasteiger partial charge in [0.2, 0.25) is 0 Å². The molecule has 1 atom stereocenters. The summed E-state index contributed by atoms with van der Waals surface area (Å²) in [5.41, 5.74) is 13.6. The summed E-state index contributed by atoms with van der Waals surface area (Å²) >= 11 is 2.00. The van der Waals surface area contributed by atoms with Gasteiger partial charge in [0.15, 0.2) is 0 Å². The molecule has 0 aliphatic heterocycles. The van der Waals surface area contributed by atoms with E-state index in [1.807, 2.05) is 11.3 Å². The van der Waals surface area contributed by atoms with Gasteiger partial charge in [0.05, 0.1) is 28.3 Å². The van der Waals surface area contributed by atoms with E-state index in [1.54, 1.807) is 0 Å². The number of allylic oxidation sites excluding steroid dienone is 1. The van der Waals surface area contributed by atoms with Crippen molar-refractivity contribution < 1.29 is 0 Å². The van der Waals surface area contributed by atoms with E-state index < -0.39 is 0 Å². The second-order valence-corrected chi connectivity index (χ2v) is 16.4. The predicted octanol–water partition coefficient (Wildman–Crippen LogP) is 14.2. The molecule has 8 aromatic carbocycles. The molecule has 2 aliphatic carbocycles. The number of nitrogens with zero attached hydrogens (tertiary/aromatic N) is 2. The van der Waals surface area contributed by atoms with E-state index in [0.29, 0.717) is 0 Å². The standard InChI is InChI=1S/C52H34N2S/c1-3-15-33-31(13-1)29-47(37-19-7-5-17-35(33)37)53-43-23-11-9-21-41(43)49-45(53)27-25-39-40-26-28-46-50(52(40)55-51(39)49)42-22-10-12-24-44(42)54(46)48-30-32-14-2-4-16-34(32)36-18-6-8-20-38(36)48/h1-11,13-23,25-29,48H,12,24,30H2. The van der Waals surface area contributed by atoms with E-state index in [-0.39, 0.29) is 6.04 Å². The molecular weight excluding hydrogens is 685 g/mol.